The van der Waals surface area contributed by atoms with E-state index >= 15 is 0 Å². The van der Waals surface area contributed by atoms with E-state index in [1.807, 2.05) is 11.8 Å². The van der Waals surface area contributed by atoms with Crippen molar-refractivity contribution in [2.24, 2.45) is 0 Å². The van der Waals surface area contributed by atoms with Crippen molar-refractivity contribution in [3.05, 3.63) is 35.4 Å². The van der Waals surface area contributed by atoms with Gasteiger partial charge >= 0.3 is 0 Å². The van der Waals surface area contributed by atoms with Gasteiger partial charge in [-0.1, -0.05) is 24.3 Å². The zero-order valence-electron chi connectivity index (χ0n) is 12.6. The molecule has 0 aromatic heterocycles. The number of rotatable bonds is 6. The number of nitrogens with zero attached hydrogens (tertiary/aromatic N) is 1. The Balaban J connectivity index is 1.83. The number of hydrogen-bond donors (Lipinski definition) is 0. The molecule has 2 rings (SSSR count). The molecule has 0 aliphatic carbocycles. The third-order valence-electron chi connectivity index (χ3n) is 4.05. The molecule has 0 saturated carbocycles. The zero-order chi connectivity index (χ0) is 14.4. The molecular weight excluding hydrogens is 250 g/mol. The Bertz CT molecular complexity index is 444. The van der Waals surface area contributed by atoms with Crippen LogP contribution in [-0.2, 0) is 9.53 Å². The van der Waals surface area contributed by atoms with E-state index in [0.29, 0.717) is 18.9 Å². The molecule has 0 unspecified atom stereocenters. The van der Waals surface area contributed by atoms with Gasteiger partial charge in [-0.2, -0.15) is 0 Å². The fourth-order valence-electron chi connectivity index (χ4n) is 2.91. The highest BCUT2D eigenvalue weighted by atomic mass is 16.5. The smallest absolute Gasteiger partial charge is 0.222 e. The van der Waals surface area contributed by atoms with Crippen molar-refractivity contribution in [2.45, 2.75) is 39.0 Å². The SMILES string of the molecule is CCOCCCC(=O)N1CC[C@H](c2ccccc2C)C1. The van der Waals surface area contributed by atoms with Crippen molar-refractivity contribution in [3.8, 4) is 0 Å². The highest BCUT2D eigenvalue weighted by molar-refractivity contribution is 5.76. The standard InChI is InChI=1S/C17H25NO2/c1-3-20-12-6-9-17(19)18-11-10-15(13-18)16-8-5-4-7-14(16)2/h4-5,7-8,15H,3,6,9-13H2,1-2H3/t15-/m0/s1. The van der Waals surface area contributed by atoms with E-state index in [-0.39, 0.29) is 5.91 Å². The fourth-order valence-corrected chi connectivity index (χ4v) is 2.91. The molecule has 110 valence electrons. The summed E-state index contributed by atoms with van der Waals surface area (Å²) < 4.78 is 5.28. The van der Waals surface area contributed by atoms with Crippen LogP contribution in [0.15, 0.2) is 24.3 Å². The minimum Gasteiger partial charge on any atom is -0.382 e. The Morgan fingerprint density at radius 1 is 1.40 bits per heavy atom. The Morgan fingerprint density at radius 2 is 2.20 bits per heavy atom. The van der Waals surface area contributed by atoms with Crippen molar-refractivity contribution < 1.29 is 9.53 Å². The van der Waals surface area contributed by atoms with Crippen LogP contribution in [0.5, 0.6) is 0 Å². The third kappa shape index (κ3) is 3.83. The lowest BCUT2D eigenvalue weighted by atomic mass is 9.94. The van der Waals surface area contributed by atoms with Gasteiger partial charge in [0, 0.05) is 38.6 Å². The molecule has 1 aliphatic rings. The molecule has 3 heteroatoms. The quantitative estimate of drug-likeness (QED) is 0.747. The maximum atomic E-state index is 12.1. The lowest BCUT2D eigenvalue weighted by Gasteiger charge is -2.17. The fraction of sp³-hybridized carbons (Fsp3) is 0.588. The Hall–Kier alpha value is -1.35. The highest BCUT2D eigenvalue weighted by Gasteiger charge is 2.27. The van der Waals surface area contributed by atoms with Crippen LogP contribution in [0.3, 0.4) is 0 Å². The minimum atomic E-state index is 0.279. The first-order valence-corrected chi connectivity index (χ1v) is 7.63. The van der Waals surface area contributed by atoms with Gasteiger partial charge in [0.1, 0.15) is 0 Å². The number of ether oxygens (including phenoxy) is 1. The van der Waals surface area contributed by atoms with E-state index in [4.69, 9.17) is 4.74 Å². The molecule has 0 spiro atoms. The minimum absolute atomic E-state index is 0.279. The molecule has 1 fully saturated rings. The molecule has 0 bridgehead atoms. The summed E-state index contributed by atoms with van der Waals surface area (Å²) in [5.41, 5.74) is 2.74. The van der Waals surface area contributed by atoms with Crippen molar-refractivity contribution in [2.75, 3.05) is 26.3 Å². The van der Waals surface area contributed by atoms with Crippen molar-refractivity contribution >= 4 is 5.91 Å². The summed E-state index contributed by atoms with van der Waals surface area (Å²) in [5.74, 6) is 0.785. The van der Waals surface area contributed by atoms with Crippen LogP contribution in [0.25, 0.3) is 0 Å². The van der Waals surface area contributed by atoms with Gasteiger partial charge in [0.25, 0.3) is 0 Å². The predicted molar refractivity (Wildman–Crippen MR) is 80.8 cm³/mol. The van der Waals surface area contributed by atoms with E-state index in [1.54, 1.807) is 0 Å². The molecule has 1 aromatic rings. The summed E-state index contributed by atoms with van der Waals surface area (Å²) in [5, 5.41) is 0. The van der Waals surface area contributed by atoms with Gasteiger partial charge in [-0.15, -0.1) is 0 Å². The van der Waals surface area contributed by atoms with E-state index in [2.05, 4.69) is 31.2 Å². The monoisotopic (exact) mass is 275 g/mol. The summed E-state index contributed by atoms with van der Waals surface area (Å²) >= 11 is 0. The molecule has 1 aromatic carbocycles. The Kier molecular flexibility index (Phi) is 5.60. The first-order valence-electron chi connectivity index (χ1n) is 7.63. The predicted octanol–water partition coefficient (Wildman–Crippen LogP) is 3.13. The lowest BCUT2D eigenvalue weighted by Crippen LogP contribution is -2.28. The van der Waals surface area contributed by atoms with Crippen LogP contribution in [-0.4, -0.2) is 37.1 Å². The summed E-state index contributed by atoms with van der Waals surface area (Å²) in [6.07, 6.45) is 2.53. The van der Waals surface area contributed by atoms with Crippen molar-refractivity contribution in [1.29, 1.82) is 0 Å². The van der Waals surface area contributed by atoms with Gasteiger partial charge < -0.3 is 9.64 Å². The van der Waals surface area contributed by atoms with Gasteiger partial charge in [-0.05, 0) is 37.8 Å². The number of amides is 1. The van der Waals surface area contributed by atoms with Crippen LogP contribution in [0.1, 0.15) is 43.2 Å². The van der Waals surface area contributed by atoms with Crippen molar-refractivity contribution in [3.63, 3.8) is 0 Å². The summed E-state index contributed by atoms with van der Waals surface area (Å²) in [6.45, 7) is 7.33. The molecular formula is C17H25NO2. The zero-order valence-corrected chi connectivity index (χ0v) is 12.6. The number of carbonyl (C=O) groups is 1. The highest BCUT2D eigenvalue weighted by Crippen LogP contribution is 2.29. The second kappa shape index (κ2) is 7.44. The molecule has 1 aliphatic heterocycles. The van der Waals surface area contributed by atoms with Gasteiger partial charge in [0.05, 0.1) is 0 Å². The molecule has 1 saturated heterocycles. The van der Waals surface area contributed by atoms with E-state index in [1.165, 1.54) is 11.1 Å². The second-order valence-corrected chi connectivity index (χ2v) is 5.48. The molecule has 0 radical (unpaired) electrons. The molecule has 3 nitrogen and oxygen atoms in total. The topological polar surface area (TPSA) is 29.5 Å². The van der Waals surface area contributed by atoms with Crippen molar-refractivity contribution in [1.82, 2.24) is 4.90 Å². The Morgan fingerprint density at radius 3 is 2.95 bits per heavy atom. The molecule has 1 atom stereocenters. The molecule has 1 amide bonds. The largest absolute Gasteiger partial charge is 0.382 e. The van der Waals surface area contributed by atoms with Crippen LogP contribution in [0.2, 0.25) is 0 Å². The van der Waals surface area contributed by atoms with E-state index in [9.17, 15) is 4.79 Å². The van der Waals surface area contributed by atoms with Crippen LogP contribution < -0.4 is 0 Å². The summed E-state index contributed by atoms with van der Waals surface area (Å²) in [6, 6.07) is 8.52. The average Bonchev–Trinajstić information content (AvgIpc) is 2.93. The Labute approximate surface area is 121 Å². The number of likely N-dealkylation sites (tertiary alicyclic amines) is 1. The molecule has 20 heavy (non-hydrogen) atoms. The summed E-state index contributed by atoms with van der Waals surface area (Å²) in [7, 11) is 0. The van der Waals surface area contributed by atoms with E-state index < -0.39 is 0 Å². The first kappa shape index (κ1) is 15.0. The second-order valence-electron chi connectivity index (χ2n) is 5.48. The maximum absolute atomic E-state index is 12.1. The maximum Gasteiger partial charge on any atom is 0.222 e. The van der Waals surface area contributed by atoms with E-state index in [0.717, 1.165) is 32.5 Å². The molecule has 1 heterocycles. The average molecular weight is 275 g/mol. The number of carbonyl (C=O) groups excluding carboxylic acids is 1. The van der Waals surface area contributed by atoms with Crippen LogP contribution in [0.4, 0.5) is 0 Å². The first-order chi connectivity index (χ1) is 9.72. The van der Waals surface area contributed by atoms with Gasteiger partial charge in [-0.25, -0.2) is 0 Å². The van der Waals surface area contributed by atoms with Crippen LogP contribution >= 0.6 is 0 Å². The van der Waals surface area contributed by atoms with Gasteiger partial charge in [0.15, 0.2) is 0 Å². The number of hydrogen-bond acceptors (Lipinski definition) is 2. The normalized spacial score (nSPS) is 18.5. The lowest BCUT2D eigenvalue weighted by molar-refractivity contribution is -0.130. The van der Waals surface area contributed by atoms with Gasteiger partial charge in [0.2, 0.25) is 5.91 Å². The number of aryl methyl sites for hydroxylation is 1. The summed E-state index contributed by atoms with van der Waals surface area (Å²) in [4.78, 5) is 14.2. The third-order valence-corrected chi connectivity index (χ3v) is 4.05. The number of benzene rings is 1. The van der Waals surface area contributed by atoms with Crippen LogP contribution in [0, 0.1) is 6.92 Å². The molecule has 0 N–H and O–H groups in total. The van der Waals surface area contributed by atoms with Gasteiger partial charge in [-0.3, -0.25) is 4.79 Å².